The molecule has 0 saturated heterocycles. The van der Waals surface area contributed by atoms with Crippen molar-refractivity contribution in [2.24, 2.45) is 0 Å². The van der Waals surface area contributed by atoms with E-state index in [-0.39, 0.29) is 0 Å². The Bertz CT molecular complexity index is 736. The summed E-state index contributed by atoms with van der Waals surface area (Å²) in [6.45, 7) is 4.37. The monoisotopic (exact) mass is 394 g/mol. The quantitative estimate of drug-likeness (QED) is 0.215. The van der Waals surface area contributed by atoms with Gasteiger partial charge in [0.15, 0.2) is 11.6 Å². The third kappa shape index (κ3) is 9.03. The molecule has 0 aliphatic heterocycles. The molecule has 29 heavy (non-hydrogen) atoms. The maximum atomic E-state index is 11.8. The maximum Gasteiger partial charge on any atom is 0.335 e. The van der Waals surface area contributed by atoms with Gasteiger partial charge in [0.05, 0.1) is 12.4 Å². The lowest BCUT2D eigenvalue weighted by atomic mass is 10.0. The molecule has 2 rings (SSSR count). The fourth-order valence-corrected chi connectivity index (χ4v) is 3.10. The van der Waals surface area contributed by atoms with Crippen LogP contribution in [0.3, 0.4) is 0 Å². The van der Waals surface area contributed by atoms with Crippen LogP contribution >= 0.6 is 0 Å². The lowest BCUT2D eigenvalue weighted by Crippen LogP contribution is -2.04. The third-order valence-electron chi connectivity index (χ3n) is 4.86. The predicted molar refractivity (Wildman–Crippen MR) is 119 cm³/mol. The molecule has 0 bridgehead atoms. The topological polar surface area (TPSA) is 52.1 Å². The largest absolute Gasteiger partial charge is 0.420 e. The Morgan fingerprint density at radius 2 is 1.55 bits per heavy atom. The summed E-state index contributed by atoms with van der Waals surface area (Å²) in [7, 11) is 0. The number of aryl methyl sites for hydroxylation is 1. The summed E-state index contributed by atoms with van der Waals surface area (Å²) in [4.78, 5) is 20.4. The number of rotatable bonds is 13. The van der Waals surface area contributed by atoms with Crippen LogP contribution in [0.15, 0.2) is 48.8 Å². The SMILES string of the molecule is CCCC/C=C/C(=O)Oc1cnc(-c2ccc(CCCCCCCC)cc2)nc1. The van der Waals surface area contributed by atoms with Gasteiger partial charge in [-0.25, -0.2) is 14.8 Å². The van der Waals surface area contributed by atoms with Gasteiger partial charge in [-0.15, -0.1) is 0 Å². The summed E-state index contributed by atoms with van der Waals surface area (Å²) in [5, 5.41) is 0. The first kappa shape index (κ1) is 22.8. The van der Waals surface area contributed by atoms with Crippen molar-refractivity contribution in [3.63, 3.8) is 0 Å². The number of carbonyl (C=O) groups is 1. The van der Waals surface area contributed by atoms with Gasteiger partial charge in [-0.05, 0) is 24.8 Å². The van der Waals surface area contributed by atoms with E-state index in [1.807, 2.05) is 6.08 Å². The summed E-state index contributed by atoms with van der Waals surface area (Å²) in [6.07, 6.45) is 18.5. The van der Waals surface area contributed by atoms with Crippen LogP contribution in [0.1, 0.15) is 77.2 Å². The number of hydrogen-bond donors (Lipinski definition) is 0. The molecule has 0 fully saturated rings. The average molecular weight is 395 g/mol. The number of nitrogens with zero attached hydrogens (tertiary/aromatic N) is 2. The van der Waals surface area contributed by atoms with Crippen LogP contribution in [0.4, 0.5) is 0 Å². The zero-order valence-corrected chi connectivity index (χ0v) is 17.9. The molecule has 1 aromatic heterocycles. The molecule has 0 spiro atoms. The van der Waals surface area contributed by atoms with E-state index >= 15 is 0 Å². The maximum absolute atomic E-state index is 11.8. The number of ether oxygens (including phenoxy) is 1. The first-order valence-corrected chi connectivity index (χ1v) is 11.0. The molecule has 2 aromatic rings. The number of unbranched alkanes of at least 4 members (excludes halogenated alkanes) is 7. The van der Waals surface area contributed by atoms with Crippen molar-refractivity contribution in [1.82, 2.24) is 9.97 Å². The number of hydrogen-bond acceptors (Lipinski definition) is 4. The van der Waals surface area contributed by atoms with Gasteiger partial charge in [-0.1, -0.05) is 89.1 Å². The average Bonchev–Trinajstić information content (AvgIpc) is 2.75. The second-order valence-corrected chi connectivity index (χ2v) is 7.42. The van der Waals surface area contributed by atoms with Crippen LogP contribution in [0.2, 0.25) is 0 Å². The molecule has 0 unspecified atom stereocenters. The molecule has 4 nitrogen and oxygen atoms in total. The summed E-state index contributed by atoms with van der Waals surface area (Å²) >= 11 is 0. The van der Waals surface area contributed by atoms with Gasteiger partial charge in [0.25, 0.3) is 0 Å². The molecular weight excluding hydrogens is 360 g/mol. The second kappa shape index (κ2) is 13.6. The van der Waals surface area contributed by atoms with Crippen molar-refractivity contribution in [2.75, 3.05) is 0 Å². The lowest BCUT2D eigenvalue weighted by molar-refractivity contribution is -0.129. The number of esters is 1. The van der Waals surface area contributed by atoms with Crippen molar-refractivity contribution in [2.45, 2.75) is 78.1 Å². The van der Waals surface area contributed by atoms with E-state index in [4.69, 9.17) is 4.74 Å². The molecule has 0 radical (unpaired) electrons. The van der Waals surface area contributed by atoms with Gasteiger partial charge >= 0.3 is 5.97 Å². The first-order valence-electron chi connectivity index (χ1n) is 11.0. The molecule has 4 heteroatoms. The number of carbonyl (C=O) groups excluding carboxylic acids is 1. The molecule has 0 amide bonds. The first-order chi connectivity index (χ1) is 14.2. The highest BCUT2D eigenvalue weighted by Crippen LogP contribution is 2.19. The Morgan fingerprint density at radius 1 is 0.897 bits per heavy atom. The molecule has 0 N–H and O–H groups in total. The van der Waals surface area contributed by atoms with Crippen molar-refractivity contribution in [1.29, 1.82) is 0 Å². The fraction of sp³-hybridized carbons (Fsp3) is 0.480. The predicted octanol–water partition coefficient (Wildman–Crippen LogP) is 6.70. The summed E-state index contributed by atoms with van der Waals surface area (Å²) in [5.74, 6) is 0.601. The van der Waals surface area contributed by atoms with E-state index in [0.29, 0.717) is 11.6 Å². The van der Waals surface area contributed by atoms with Gasteiger partial charge in [0.2, 0.25) is 0 Å². The van der Waals surface area contributed by atoms with Crippen LogP contribution in [-0.2, 0) is 11.2 Å². The minimum absolute atomic E-state index is 0.360. The molecule has 156 valence electrons. The third-order valence-corrected chi connectivity index (χ3v) is 4.86. The summed E-state index contributed by atoms with van der Waals surface area (Å²) < 4.78 is 5.23. The fourth-order valence-electron chi connectivity index (χ4n) is 3.10. The van der Waals surface area contributed by atoms with Gasteiger partial charge in [0, 0.05) is 11.6 Å². The Hall–Kier alpha value is -2.49. The van der Waals surface area contributed by atoms with E-state index in [1.54, 1.807) is 12.4 Å². The highest BCUT2D eigenvalue weighted by Gasteiger charge is 2.05. The van der Waals surface area contributed by atoms with Crippen molar-refractivity contribution in [3.8, 4) is 17.1 Å². The Labute approximate surface area is 175 Å². The zero-order chi connectivity index (χ0) is 20.7. The molecule has 0 atom stereocenters. The zero-order valence-electron chi connectivity index (χ0n) is 17.9. The molecule has 0 aliphatic carbocycles. The van der Waals surface area contributed by atoms with Crippen LogP contribution in [0, 0.1) is 0 Å². The Morgan fingerprint density at radius 3 is 2.24 bits per heavy atom. The molecule has 1 aromatic carbocycles. The highest BCUT2D eigenvalue weighted by atomic mass is 16.5. The van der Waals surface area contributed by atoms with E-state index in [0.717, 1.165) is 31.2 Å². The molecular formula is C25H34N2O2. The number of aromatic nitrogens is 2. The normalized spacial score (nSPS) is 11.1. The number of benzene rings is 1. The van der Waals surface area contributed by atoms with Gasteiger partial charge < -0.3 is 4.74 Å². The van der Waals surface area contributed by atoms with E-state index in [2.05, 4.69) is 48.1 Å². The van der Waals surface area contributed by atoms with Gasteiger partial charge in [-0.2, -0.15) is 0 Å². The number of allylic oxidation sites excluding steroid dienone is 1. The minimum Gasteiger partial charge on any atom is -0.420 e. The molecule has 0 saturated carbocycles. The van der Waals surface area contributed by atoms with E-state index < -0.39 is 5.97 Å². The highest BCUT2D eigenvalue weighted by molar-refractivity contribution is 5.83. The van der Waals surface area contributed by atoms with Crippen LogP contribution in [0.25, 0.3) is 11.4 Å². The van der Waals surface area contributed by atoms with Crippen molar-refractivity contribution >= 4 is 5.97 Å². The lowest BCUT2D eigenvalue weighted by Gasteiger charge is -2.05. The van der Waals surface area contributed by atoms with Crippen LogP contribution < -0.4 is 4.74 Å². The molecule has 0 aliphatic rings. The van der Waals surface area contributed by atoms with Crippen molar-refractivity contribution in [3.05, 3.63) is 54.4 Å². The Balaban J connectivity index is 1.80. The minimum atomic E-state index is -0.392. The van der Waals surface area contributed by atoms with Crippen LogP contribution in [-0.4, -0.2) is 15.9 Å². The van der Waals surface area contributed by atoms with Crippen LogP contribution in [0.5, 0.6) is 5.75 Å². The standard InChI is InChI=1S/C25H34N2O2/c1-3-5-7-9-10-11-13-21-15-17-22(18-16-21)25-26-19-23(20-27-25)29-24(28)14-12-8-6-4-2/h12,14-20H,3-11,13H2,1-2H3/b14-12+. The second-order valence-electron chi connectivity index (χ2n) is 7.42. The van der Waals surface area contributed by atoms with E-state index in [1.165, 1.54) is 50.2 Å². The van der Waals surface area contributed by atoms with Gasteiger partial charge in [0.1, 0.15) is 0 Å². The Kier molecular flexibility index (Phi) is 10.7. The molecule has 1 heterocycles. The smallest absolute Gasteiger partial charge is 0.335 e. The van der Waals surface area contributed by atoms with E-state index in [9.17, 15) is 4.79 Å². The summed E-state index contributed by atoms with van der Waals surface area (Å²) in [5.41, 5.74) is 2.32. The van der Waals surface area contributed by atoms with Crippen molar-refractivity contribution < 1.29 is 9.53 Å². The summed E-state index contributed by atoms with van der Waals surface area (Å²) in [6, 6.07) is 8.42. The van der Waals surface area contributed by atoms with Gasteiger partial charge in [-0.3, -0.25) is 0 Å².